The molecule has 4 fully saturated rings. The van der Waals surface area contributed by atoms with Gasteiger partial charge in [-0.3, -0.25) is 4.79 Å². The number of fused-ring (bicyclic) bond motifs is 1. The van der Waals surface area contributed by atoms with Gasteiger partial charge in [0.1, 0.15) is 11.6 Å². The maximum absolute atomic E-state index is 12.6. The fraction of sp³-hybridized carbons (Fsp3) is 0.636. The summed E-state index contributed by atoms with van der Waals surface area (Å²) >= 11 is 0. The van der Waals surface area contributed by atoms with Crippen LogP contribution in [0, 0.1) is 23.2 Å². The van der Waals surface area contributed by atoms with E-state index in [1.807, 2.05) is 18.2 Å². The Balaban J connectivity index is 1.16. The van der Waals surface area contributed by atoms with Crippen LogP contribution in [0.1, 0.15) is 50.8 Å². The molecule has 1 amide bonds. The molecule has 2 aromatic rings. The molecular weight excluding hydrogens is 338 g/mol. The van der Waals surface area contributed by atoms with Crippen molar-refractivity contribution in [3.05, 3.63) is 24.0 Å². The summed E-state index contributed by atoms with van der Waals surface area (Å²) in [6.45, 7) is 0.641. The number of aromatic nitrogens is 2. The van der Waals surface area contributed by atoms with Crippen LogP contribution in [0.25, 0.3) is 11.0 Å². The van der Waals surface area contributed by atoms with Crippen molar-refractivity contribution >= 4 is 16.9 Å². The molecule has 0 radical (unpaired) electrons. The van der Waals surface area contributed by atoms with Crippen molar-refractivity contribution in [2.45, 2.75) is 51.4 Å². The molecular formula is C22H29N3O2. The first-order valence-electron chi connectivity index (χ1n) is 10.4. The van der Waals surface area contributed by atoms with Crippen LogP contribution in [0.2, 0.25) is 0 Å². The third-order valence-electron chi connectivity index (χ3n) is 7.12. The van der Waals surface area contributed by atoms with Gasteiger partial charge in [0.15, 0.2) is 0 Å². The zero-order valence-corrected chi connectivity index (χ0v) is 16.1. The Hall–Kier alpha value is -2.04. The summed E-state index contributed by atoms with van der Waals surface area (Å²) in [5.41, 5.74) is 2.23. The summed E-state index contributed by atoms with van der Waals surface area (Å²) in [7, 11) is 1.66. The Labute approximate surface area is 160 Å². The predicted molar refractivity (Wildman–Crippen MR) is 105 cm³/mol. The smallest absolute Gasteiger partial charge is 0.220 e. The molecule has 0 atom stereocenters. The first kappa shape index (κ1) is 17.1. The summed E-state index contributed by atoms with van der Waals surface area (Å²) in [4.78, 5) is 20.5. The number of carbonyl (C=O) groups is 1. The van der Waals surface area contributed by atoms with Crippen LogP contribution in [0.4, 0.5) is 0 Å². The largest absolute Gasteiger partial charge is 0.497 e. The second kappa shape index (κ2) is 6.54. The minimum Gasteiger partial charge on any atom is -0.497 e. The van der Waals surface area contributed by atoms with E-state index in [0.717, 1.165) is 53.2 Å². The summed E-state index contributed by atoms with van der Waals surface area (Å²) in [5.74, 6) is 4.66. The molecule has 2 N–H and O–H groups in total. The van der Waals surface area contributed by atoms with Gasteiger partial charge in [0.25, 0.3) is 0 Å². The zero-order chi connectivity index (χ0) is 18.4. The minimum absolute atomic E-state index is 0.231. The SMILES string of the molecule is COc1ccc2nc(CCNC(=O)CC34CC5CC(CC(C5)C3)C4)[nH]c2c1. The van der Waals surface area contributed by atoms with Crippen molar-refractivity contribution in [3.8, 4) is 5.75 Å². The number of nitrogens with one attached hydrogen (secondary N) is 2. The van der Waals surface area contributed by atoms with Gasteiger partial charge in [-0.25, -0.2) is 4.98 Å². The number of benzene rings is 1. The van der Waals surface area contributed by atoms with Crippen LogP contribution < -0.4 is 10.1 Å². The lowest BCUT2D eigenvalue weighted by Crippen LogP contribution is -2.48. The third kappa shape index (κ3) is 3.32. The molecule has 1 heterocycles. The molecule has 4 bridgehead atoms. The Morgan fingerprint density at radius 2 is 1.93 bits per heavy atom. The Morgan fingerprint density at radius 1 is 1.22 bits per heavy atom. The van der Waals surface area contributed by atoms with Gasteiger partial charge in [0.05, 0.1) is 18.1 Å². The van der Waals surface area contributed by atoms with Gasteiger partial charge in [0, 0.05) is 25.5 Å². The fourth-order valence-electron chi connectivity index (χ4n) is 6.52. The molecule has 144 valence electrons. The Bertz CT molecular complexity index is 821. The van der Waals surface area contributed by atoms with Crippen molar-refractivity contribution < 1.29 is 9.53 Å². The Morgan fingerprint density at radius 3 is 2.59 bits per heavy atom. The topological polar surface area (TPSA) is 67.0 Å². The highest BCUT2D eigenvalue weighted by atomic mass is 16.5. The van der Waals surface area contributed by atoms with Gasteiger partial charge in [0.2, 0.25) is 5.91 Å². The number of H-pyrrole nitrogens is 1. The molecule has 1 aromatic heterocycles. The summed E-state index contributed by atoms with van der Waals surface area (Å²) in [6, 6.07) is 5.83. The average molecular weight is 367 g/mol. The van der Waals surface area contributed by atoms with Crippen molar-refractivity contribution in [1.82, 2.24) is 15.3 Å². The number of aromatic amines is 1. The molecule has 5 heteroatoms. The Kier molecular flexibility index (Phi) is 4.14. The lowest BCUT2D eigenvalue weighted by atomic mass is 9.49. The normalized spacial score (nSPS) is 31.4. The fourth-order valence-corrected chi connectivity index (χ4v) is 6.52. The summed E-state index contributed by atoms with van der Waals surface area (Å²) in [6.07, 6.45) is 9.61. The highest BCUT2D eigenvalue weighted by Crippen LogP contribution is 2.61. The number of rotatable bonds is 6. The monoisotopic (exact) mass is 367 g/mol. The number of imidazole rings is 1. The maximum atomic E-state index is 12.6. The predicted octanol–water partition coefficient (Wildman–Crippen LogP) is 3.84. The molecule has 4 saturated carbocycles. The first-order chi connectivity index (χ1) is 13.1. The van der Waals surface area contributed by atoms with Crippen LogP contribution in [0.3, 0.4) is 0 Å². The second-order valence-corrected chi connectivity index (χ2v) is 9.26. The maximum Gasteiger partial charge on any atom is 0.220 e. The lowest BCUT2D eigenvalue weighted by molar-refractivity contribution is -0.129. The molecule has 4 aliphatic carbocycles. The van der Waals surface area contributed by atoms with Gasteiger partial charge in [-0.15, -0.1) is 0 Å². The molecule has 0 unspecified atom stereocenters. The van der Waals surface area contributed by atoms with Gasteiger partial charge in [-0.05, 0) is 73.8 Å². The van der Waals surface area contributed by atoms with Crippen LogP contribution in [0.5, 0.6) is 5.75 Å². The molecule has 6 rings (SSSR count). The first-order valence-corrected chi connectivity index (χ1v) is 10.4. The molecule has 0 aliphatic heterocycles. The average Bonchev–Trinajstić information content (AvgIpc) is 3.01. The van der Waals surface area contributed by atoms with Crippen molar-refractivity contribution in [2.75, 3.05) is 13.7 Å². The van der Waals surface area contributed by atoms with E-state index in [2.05, 4.69) is 15.3 Å². The van der Waals surface area contributed by atoms with E-state index in [1.54, 1.807) is 7.11 Å². The quantitative estimate of drug-likeness (QED) is 0.815. The molecule has 0 spiro atoms. The zero-order valence-electron chi connectivity index (χ0n) is 16.1. The van der Waals surface area contributed by atoms with E-state index in [4.69, 9.17) is 4.74 Å². The van der Waals surface area contributed by atoms with Crippen LogP contribution >= 0.6 is 0 Å². The van der Waals surface area contributed by atoms with Gasteiger partial charge < -0.3 is 15.0 Å². The third-order valence-corrected chi connectivity index (χ3v) is 7.12. The van der Waals surface area contributed by atoms with Gasteiger partial charge in [-0.2, -0.15) is 0 Å². The number of methoxy groups -OCH3 is 1. The number of hydrogen-bond donors (Lipinski definition) is 2. The minimum atomic E-state index is 0.231. The van der Waals surface area contributed by atoms with E-state index in [9.17, 15) is 4.79 Å². The summed E-state index contributed by atoms with van der Waals surface area (Å²) < 4.78 is 5.25. The molecule has 0 saturated heterocycles. The number of hydrogen-bond acceptors (Lipinski definition) is 3. The van der Waals surface area contributed by atoms with E-state index < -0.39 is 0 Å². The summed E-state index contributed by atoms with van der Waals surface area (Å²) in [5, 5.41) is 3.15. The van der Waals surface area contributed by atoms with Crippen molar-refractivity contribution in [1.29, 1.82) is 0 Å². The van der Waals surface area contributed by atoms with E-state index in [0.29, 0.717) is 12.0 Å². The van der Waals surface area contributed by atoms with Crippen molar-refractivity contribution in [2.24, 2.45) is 23.2 Å². The highest BCUT2D eigenvalue weighted by Gasteiger charge is 2.51. The highest BCUT2D eigenvalue weighted by molar-refractivity contribution is 5.77. The van der Waals surface area contributed by atoms with Gasteiger partial charge in [-0.1, -0.05) is 0 Å². The van der Waals surface area contributed by atoms with Crippen molar-refractivity contribution in [3.63, 3.8) is 0 Å². The number of amides is 1. The van der Waals surface area contributed by atoms with Crippen LogP contribution in [-0.4, -0.2) is 29.5 Å². The van der Waals surface area contributed by atoms with Crippen LogP contribution in [0.15, 0.2) is 18.2 Å². The number of carbonyl (C=O) groups excluding carboxylic acids is 1. The number of nitrogens with zero attached hydrogens (tertiary/aromatic N) is 1. The van der Waals surface area contributed by atoms with Gasteiger partial charge >= 0.3 is 0 Å². The van der Waals surface area contributed by atoms with E-state index in [-0.39, 0.29) is 5.91 Å². The van der Waals surface area contributed by atoms with E-state index in [1.165, 1.54) is 38.5 Å². The number of ether oxygens (including phenoxy) is 1. The second-order valence-electron chi connectivity index (χ2n) is 9.26. The standard InChI is InChI=1S/C22H29N3O2/c1-27-17-2-3-18-19(9-17)25-20(24-18)4-5-23-21(26)13-22-10-14-6-15(11-22)8-16(7-14)12-22/h2-3,9,14-16H,4-8,10-13H2,1H3,(H,23,26)(H,24,25). The lowest BCUT2D eigenvalue weighted by Gasteiger charge is -2.56. The van der Waals surface area contributed by atoms with E-state index >= 15 is 0 Å². The molecule has 4 aliphatic rings. The molecule has 5 nitrogen and oxygen atoms in total. The van der Waals surface area contributed by atoms with Crippen LogP contribution in [-0.2, 0) is 11.2 Å². The molecule has 1 aromatic carbocycles. The molecule has 27 heavy (non-hydrogen) atoms.